The fourth-order valence-electron chi connectivity index (χ4n) is 2.65. The predicted octanol–water partition coefficient (Wildman–Crippen LogP) is -0.277. The molecule has 1 aliphatic heterocycles. The quantitative estimate of drug-likeness (QED) is 0.260. The maximum Gasteiger partial charge on any atom is 0.490 e. The van der Waals surface area contributed by atoms with Gasteiger partial charge in [-0.25, -0.2) is 18.7 Å². The molecule has 20 heteroatoms. The summed E-state index contributed by atoms with van der Waals surface area (Å²) in [6.07, 6.45) is 0.528. The molecule has 1 saturated heterocycles. The van der Waals surface area contributed by atoms with Crippen LogP contribution in [0.4, 0.5) is 5.95 Å². The summed E-state index contributed by atoms with van der Waals surface area (Å²) in [4.78, 5) is 57.6. The number of nitrogens with zero attached hydrogens (tertiary/aromatic N) is 3. The largest absolute Gasteiger partial charge is 0.490 e. The summed E-state index contributed by atoms with van der Waals surface area (Å²) in [6.45, 7) is -0.580. The second kappa shape index (κ2) is 8.22. The third kappa shape index (κ3) is 5.81. The van der Waals surface area contributed by atoms with E-state index >= 15 is 0 Å². The monoisotopic (exact) mass is 491 g/mol. The van der Waals surface area contributed by atoms with Crippen LogP contribution in [0.2, 0.25) is 0 Å². The van der Waals surface area contributed by atoms with Crippen molar-refractivity contribution in [2.75, 3.05) is 12.3 Å². The number of phosphoric ester groups is 1. The van der Waals surface area contributed by atoms with Crippen LogP contribution in [0.1, 0.15) is 19.1 Å². The van der Waals surface area contributed by atoms with E-state index in [9.17, 15) is 23.4 Å². The molecule has 0 aromatic carbocycles. The van der Waals surface area contributed by atoms with Gasteiger partial charge < -0.3 is 30.0 Å². The van der Waals surface area contributed by atoms with E-state index in [1.807, 2.05) is 0 Å². The Kier molecular flexibility index (Phi) is 6.35. The number of anilines is 1. The Morgan fingerprint density at radius 2 is 1.90 bits per heavy atom. The Bertz CT molecular complexity index is 1140. The Morgan fingerprint density at radius 3 is 2.57 bits per heavy atom. The van der Waals surface area contributed by atoms with Gasteiger partial charge in [0.15, 0.2) is 11.2 Å². The first-order valence-corrected chi connectivity index (χ1v) is 12.4. The number of nitrogens with one attached hydrogen (secondary N) is 1. The van der Waals surface area contributed by atoms with E-state index < -0.39 is 48.0 Å². The summed E-state index contributed by atoms with van der Waals surface area (Å²) >= 11 is 0. The van der Waals surface area contributed by atoms with Crippen LogP contribution < -0.4 is 11.3 Å². The zero-order chi connectivity index (χ0) is 22.3. The van der Waals surface area contributed by atoms with Gasteiger partial charge in [-0.3, -0.25) is 18.9 Å². The molecule has 17 nitrogen and oxygen atoms in total. The number of imidazole rings is 1. The number of rotatable bonds is 8. The molecule has 3 heterocycles. The summed E-state index contributed by atoms with van der Waals surface area (Å²) in [5, 5.41) is 0. The third-order valence-electron chi connectivity index (χ3n) is 3.69. The smallest absolute Gasteiger partial charge is 0.369 e. The molecule has 2 aromatic heterocycles. The molecular weight excluding hydrogens is 475 g/mol. The van der Waals surface area contributed by atoms with Crippen molar-refractivity contribution >= 4 is 40.6 Å². The van der Waals surface area contributed by atoms with Crippen LogP contribution in [0.15, 0.2) is 11.1 Å². The minimum atomic E-state index is -5.59. The van der Waals surface area contributed by atoms with Crippen molar-refractivity contribution in [3.8, 4) is 0 Å². The van der Waals surface area contributed by atoms with Crippen molar-refractivity contribution in [1.82, 2.24) is 19.5 Å². The highest BCUT2D eigenvalue weighted by Crippen LogP contribution is 2.66. The van der Waals surface area contributed by atoms with Crippen LogP contribution >= 0.6 is 23.5 Å². The molecule has 7 N–H and O–H groups in total. The first-order chi connectivity index (χ1) is 13.7. The highest BCUT2D eigenvalue weighted by Gasteiger charge is 2.41. The van der Waals surface area contributed by atoms with Gasteiger partial charge in [0.1, 0.15) is 6.23 Å². The topological polar surface area (TPSA) is 259 Å². The normalized spacial score (nSPS) is 24.0. The number of hydrogen-bond donors (Lipinski definition) is 6. The van der Waals surface area contributed by atoms with Crippen LogP contribution in [0.3, 0.4) is 0 Å². The maximum absolute atomic E-state index is 11.8. The number of aromatic amines is 1. The van der Waals surface area contributed by atoms with Crippen molar-refractivity contribution in [3.05, 3.63) is 16.7 Å². The molecule has 30 heavy (non-hydrogen) atoms. The second-order valence-corrected chi connectivity index (χ2v) is 10.4. The van der Waals surface area contributed by atoms with Crippen molar-refractivity contribution < 1.29 is 51.2 Å². The zero-order valence-electron chi connectivity index (χ0n) is 14.7. The van der Waals surface area contributed by atoms with Crippen molar-refractivity contribution in [1.29, 1.82) is 0 Å². The summed E-state index contributed by atoms with van der Waals surface area (Å²) in [6, 6.07) is 0. The molecule has 0 radical (unpaired) electrons. The number of H-pyrrole nitrogens is 1. The molecule has 1 fully saturated rings. The minimum Gasteiger partial charge on any atom is -0.369 e. The molecular formula is C10H16N5O12P3. The second-order valence-electron chi connectivity index (χ2n) is 5.95. The highest BCUT2D eigenvalue weighted by molar-refractivity contribution is 7.66. The molecule has 0 saturated carbocycles. The van der Waals surface area contributed by atoms with Gasteiger partial charge >= 0.3 is 23.5 Å². The molecule has 2 aromatic rings. The number of nitrogen functional groups attached to an aromatic ring is 1. The van der Waals surface area contributed by atoms with Crippen molar-refractivity contribution in [2.24, 2.45) is 0 Å². The molecule has 3 unspecified atom stereocenters. The van der Waals surface area contributed by atoms with Crippen LogP contribution in [0, 0.1) is 0 Å². The lowest BCUT2D eigenvalue weighted by molar-refractivity contribution is -0.0205. The highest BCUT2D eigenvalue weighted by atomic mass is 31.3. The Balaban J connectivity index is 1.62. The number of aromatic nitrogens is 4. The SMILES string of the molecule is Nc1nc2c(ncn2[C@H]2CCC(COP(=O)(O)OP(=O)(O)OP(=O)(O)O)O2)c(=O)[nH]1. The molecule has 168 valence electrons. The molecule has 3 rings (SSSR count). The van der Waals surface area contributed by atoms with E-state index in [4.69, 9.17) is 25.2 Å². The summed E-state index contributed by atoms with van der Waals surface area (Å²) < 4.78 is 52.5. The van der Waals surface area contributed by atoms with Crippen molar-refractivity contribution in [3.63, 3.8) is 0 Å². The van der Waals surface area contributed by atoms with Crippen LogP contribution in [-0.4, -0.2) is 51.8 Å². The lowest BCUT2D eigenvalue weighted by Crippen LogP contribution is -2.17. The molecule has 4 atom stereocenters. The van der Waals surface area contributed by atoms with Gasteiger partial charge in [0.05, 0.1) is 19.0 Å². The molecule has 1 aliphatic rings. The van der Waals surface area contributed by atoms with Gasteiger partial charge in [0.25, 0.3) is 5.56 Å². The maximum atomic E-state index is 11.8. The molecule has 0 bridgehead atoms. The van der Waals surface area contributed by atoms with Gasteiger partial charge in [-0.1, -0.05) is 0 Å². The average molecular weight is 491 g/mol. The molecule has 0 amide bonds. The predicted molar refractivity (Wildman–Crippen MR) is 95.5 cm³/mol. The Labute approximate surface area is 166 Å². The lowest BCUT2D eigenvalue weighted by atomic mass is 10.2. The van der Waals surface area contributed by atoms with Crippen LogP contribution in [-0.2, 0) is 31.6 Å². The summed E-state index contributed by atoms with van der Waals surface area (Å²) in [5.41, 5.74) is 5.17. The van der Waals surface area contributed by atoms with E-state index in [0.29, 0.717) is 12.8 Å². The van der Waals surface area contributed by atoms with Crippen LogP contribution in [0.25, 0.3) is 11.2 Å². The Hall–Kier alpha value is -1.48. The third-order valence-corrected chi connectivity index (χ3v) is 7.49. The van der Waals surface area contributed by atoms with E-state index in [1.54, 1.807) is 0 Å². The fourth-order valence-corrected chi connectivity index (χ4v) is 5.70. The van der Waals surface area contributed by atoms with Gasteiger partial charge in [-0.2, -0.15) is 13.6 Å². The number of phosphoric acid groups is 3. The fraction of sp³-hybridized carbons (Fsp3) is 0.500. The van der Waals surface area contributed by atoms with Crippen LogP contribution in [0.5, 0.6) is 0 Å². The minimum absolute atomic E-state index is 0.0320. The molecule has 0 spiro atoms. The standard InChI is InChI=1S/C10H16N5O12P3/c11-10-13-8-7(9(16)14-10)12-4-15(8)6-2-1-5(25-6)3-24-29(20,21)27-30(22,23)26-28(17,18)19/h4-6H,1-3H2,(H,20,21)(H,22,23)(H2,17,18,19)(H3,11,13,14,16)/t5?,6-/m1/s1. The van der Waals surface area contributed by atoms with E-state index in [0.717, 1.165) is 0 Å². The lowest BCUT2D eigenvalue weighted by Gasteiger charge is -2.18. The first kappa shape index (κ1) is 23.2. The number of hydrogen-bond acceptors (Lipinski definition) is 11. The number of fused-ring (bicyclic) bond motifs is 1. The van der Waals surface area contributed by atoms with Gasteiger partial charge in [-0.05, 0) is 12.8 Å². The summed E-state index contributed by atoms with van der Waals surface area (Å²) in [5.74, 6) is -0.128. The summed E-state index contributed by atoms with van der Waals surface area (Å²) in [7, 11) is -16.3. The van der Waals surface area contributed by atoms with E-state index in [2.05, 4.69) is 28.1 Å². The van der Waals surface area contributed by atoms with E-state index in [1.165, 1.54) is 10.9 Å². The van der Waals surface area contributed by atoms with Crippen molar-refractivity contribution in [2.45, 2.75) is 25.2 Å². The zero-order valence-corrected chi connectivity index (χ0v) is 17.4. The van der Waals surface area contributed by atoms with Gasteiger partial charge in [0, 0.05) is 0 Å². The Morgan fingerprint density at radius 1 is 1.20 bits per heavy atom. The molecule has 0 aliphatic carbocycles. The van der Waals surface area contributed by atoms with E-state index in [-0.39, 0.29) is 17.1 Å². The van der Waals surface area contributed by atoms with Gasteiger partial charge in [0.2, 0.25) is 5.95 Å². The number of ether oxygens (including phenoxy) is 1. The average Bonchev–Trinajstić information content (AvgIpc) is 3.15. The number of nitrogens with two attached hydrogens (primary N) is 1. The first-order valence-electron chi connectivity index (χ1n) is 7.91. The van der Waals surface area contributed by atoms with Gasteiger partial charge in [-0.15, -0.1) is 0 Å².